The highest BCUT2D eigenvalue weighted by Crippen LogP contribution is 1.98. The molecule has 12 heavy (non-hydrogen) atoms. The van der Waals surface area contributed by atoms with Crippen LogP contribution in [0.4, 0.5) is 0 Å². The van der Waals surface area contributed by atoms with Gasteiger partial charge in [-0.05, 0) is 6.08 Å². The first kappa shape index (κ1) is 13.7. The Hall–Kier alpha value is -0.890. The zero-order valence-corrected chi connectivity index (χ0v) is 8.25. The highest BCUT2D eigenvalue weighted by Gasteiger charge is 2.03. The molecule has 0 fully saturated rings. The molecule has 0 spiro atoms. The molecule has 70 valence electrons. The predicted molar refractivity (Wildman–Crippen MR) is 55.4 cm³/mol. The molecular formula is C10H19NO. The number of aliphatic hydroxyl groups is 1. The average molecular weight is 169 g/mol. The summed E-state index contributed by atoms with van der Waals surface area (Å²) in [5.41, 5.74) is 0.775. The average Bonchev–Trinajstić information content (AvgIpc) is 2.16. The molecule has 1 atom stereocenters. The summed E-state index contributed by atoms with van der Waals surface area (Å²) in [5.74, 6) is 0.0514. The molecule has 2 nitrogen and oxygen atoms in total. The van der Waals surface area contributed by atoms with Crippen LogP contribution >= 0.6 is 0 Å². The Kier molecular flexibility index (Phi) is 11.5. The van der Waals surface area contributed by atoms with E-state index in [-0.39, 0.29) is 12.5 Å². The van der Waals surface area contributed by atoms with Crippen LogP contribution in [0.1, 0.15) is 20.8 Å². The van der Waals surface area contributed by atoms with Crippen LogP contribution in [0.5, 0.6) is 0 Å². The van der Waals surface area contributed by atoms with Gasteiger partial charge in [-0.3, -0.25) is 4.99 Å². The van der Waals surface area contributed by atoms with E-state index in [9.17, 15) is 0 Å². The molecule has 0 aliphatic heterocycles. The van der Waals surface area contributed by atoms with Gasteiger partial charge < -0.3 is 5.11 Å². The van der Waals surface area contributed by atoms with Gasteiger partial charge in [0, 0.05) is 17.8 Å². The largest absolute Gasteiger partial charge is 0.396 e. The van der Waals surface area contributed by atoms with E-state index in [1.54, 1.807) is 6.08 Å². The molecule has 0 unspecified atom stereocenters. The fourth-order valence-corrected chi connectivity index (χ4v) is 0.580. The first-order valence-electron chi connectivity index (χ1n) is 4.18. The van der Waals surface area contributed by atoms with E-state index in [1.807, 2.05) is 20.8 Å². The van der Waals surface area contributed by atoms with Gasteiger partial charge in [0.05, 0.1) is 6.61 Å². The molecule has 1 N–H and O–H groups in total. The van der Waals surface area contributed by atoms with Crippen LogP contribution in [-0.2, 0) is 0 Å². The molecular weight excluding hydrogens is 150 g/mol. The van der Waals surface area contributed by atoms with E-state index in [0.29, 0.717) is 0 Å². The molecule has 0 bridgehead atoms. The first-order valence-corrected chi connectivity index (χ1v) is 4.18. The lowest BCUT2D eigenvalue weighted by Crippen LogP contribution is -2.11. The topological polar surface area (TPSA) is 32.6 Å². The lowest BCUT2D eigenvalue weighted by atomic mass is 10.1. The molecule has 2 heteroatoms. The zero-order valence-electron chi connectivity index (χ0n) is 8.25. The number of rotatable bonds is 4. The summed E-state index contributed by atoms with van der Waals surface area (Å²) in [5, 5.41) is 8.70. The standard InChI is InChI=1S/C8H13NO.C2H6/c1-4-8(9-5-2)7(3)6-10;1-2/h4-5,7,10H,1-2,6H2,3H3;1-2H3/t7-;/m0./s1. The van der Waals surface area contributed by atoms with Gasteiger partial charge >= 0.3 is 0 Å². The molecule has 0 saturated heterocycles. The predicted octanol–water partition coefficient (Wildman–Crippen LogP) is 2.41. The van der Waals surface area contributed by atoms with Crippen molar-refractivity contribution in [3.05, 3.63) is 25.4 Å². The zero-order chi connectivity index (χ0) is 9.98. The van der Waals surface area contributed by atoms with E-state index >= 15 is 0 Å². The minimum Gasteiger partial charge on any atom is -0.396 e. The summed E-state index contributed by atoms with van der Waals surface area (Å²) in [6.07, 6.45) is 3.08. The Balaban J connectivity index is 0. The van der Waals surface area contributed by atoms with Gasteiger partial charge in [0.2, 0.25) is 0 Å². The maximum absolute atomic E-state index is 8.70. The highest BCUT2D eigenvalue weighted by molar-refractivity contribution is 5.96. The van der Waals surface area contributed by atoms with Crippen molar-refractivity contribution in [3.8, 4) is 0 Å². The number of aliphatic imine (C=N–C) groups is 1. The maximum Gasteiger partial charge on any atom is 0.0512 e. The maximum atomic E-state index is 8.70. The molecule has 0 aliphatic rings. The van der Waals surface area contributed by atoms with Crippen molar-refractivity contribution in [2.45, 2.75) is 20.8 Å². The Morgan fingerprint density at radius 1 is 1.50 bits per heavy atom. The summed E-state index contributed by atoms with van der Waals surface area (Å²) in [4.78, 5) is 3.92. The smallest absolute Gasteiger partial charge is 0.0512 e. The van der Waals surface area contributed by atoms with Gasteiger partial charge in [-0.2, -0.15) is 0 Å². The Morgan fingerprint density at radius 2 is 2.00 bits per heavy atom. The summed E-state index contributed by atoms with van der Waals surface area (Å²) in [6.45, 7) is 13.0. The monoisotopic (exact) mass is 169 g/mol. The molecule has 0 saturated carbocycles. The van der Waals surface area contributed by atoms with E-state index in [1.165, 1.54) is 6.20 Å². The normalized spacial score (nSPS) is 12.5. The molecule has 0 aromatic heterocycles. The quantitative estimate of drug-likeness (QED) is 0.644. The van der Waals surface area contributed by atoms with Crippen LogP contribution < -0.4 is 0 Å². The van der Waals surface area contributed by atoms with Crippen molar-refractivity contribution in [1.29, 1.82) is 0 Å². The molecule has 0 rings (SSSR count). The van der Waals surface area contributed by atoms with Gasteiger partial charge in [-0.25, -0.2) is 0 Å². The van der Waals surface area contributed by atoms with Crippen molar-refractivity contribution in [3.63, 3.8) is 0 Å². The molecule has 0 amide bonds. The molecule has 0 aromatic carbocycles. The summed E-state index contributed by atoms with van der Waals surface area (Å²) >= 11 is 0. The van der Waals surface area contributed by atoms with Gasteiger partial charge in [0.25, 0.3) is 0 Å². The van der Waals surface area contributed by atoms with Crippen molar-refractivity contribution < 1.29 is 5.11 Å². The van der Waals surface area contributed by atoms with Gasteiger partial charge in [0.1, 0.15) is 0 Å². The number of hydrogen-bond donors (Lipinski definition) is 1. The number of aliphatic hydroxyl groups excluding tert-OH is 1. The van der Waals surface area contributed by atoms with Crippen LogP contribution in [0.3, 0.4) is 0 Å². The van der Waals surface area contributed by atoms with Gasteiger partial charge in [0.15, 0.2) is 0 Å². The van der Waals surface area contributed by atoms with Crippen LogP contribution in [0, 0.1) is 5.92 Å². The fourth-order valence-electron chi connectivity index (χ4n) is 0.580. The van der Waals surface area contributed by atoms with E-state index in [2.05, 4.69) is 18.2 Å². The second-order valence-electron chi connectivity index (χ2n) is 2.02. The Labute approximate surface area is 75.3 Å². The SMILES string of the molecule is C=CN=C(C=C)[C@@H](C)CO.CC. The van der Waals surface area contributed by atoms with Crippen LogP contribution in [-0.4, -0.2) is 17.4 Å². The van der Waals surface area contributed by atoms with Crippen molar-refractivity contribution >= 4 is 5.71 Å². The van der Waals surface area contributed by atoms with Gasteiger partial charge in [-0.15, -0.1) is 0 Å². The van der Waals surface area contributed by atoms with E-state index in [0.717, 1.165) is 5.71 Å². The lowest BCUT2D eigenvalue weighted by molar-refractivity contribution is 0.270. The third-order valence-corrected chi connectivity index (χ3v) is 1.23. The molecule has 0 radical (unpaired) electrons. The summed E-state index contributed by atoms with van der Waals surface area (Å²) in [7, 11) is 0. The number of allylic oxidation sites excluding steroid dienone is 1. The Morgan fingerprint density at radius 3 is 2.25 bits per heavy atom. The lowest BCUT2D eigenvalue weighted by Gasteiger charge is -2.05. The van der Waals surface area contributed by atoms with Crippen LogP contribution in [0.25, 0.3) is 0 Å². The third-order valence-electron chi connectivity index (χ3n) is 1.23. The van der Waals surface area contributed by atoms with Crippen molar-refractivity contribution in [2.24, 2.45) is 10.9 Å². The minimum absolute atomic E-state index is 0.0514. The summed E-state index contributed by atoms with van der Waals surface area (Å²) < 4.78 is 0. The second-order valence-corrected chi connectivity index (χ2v) is 2.02. The number of hydrogen-bond acceptors (Lipinski definition) is 2. The second kappa shape index (κ2) is 10.1. The van der Waals surface area contributed by atoms with E-state index in [4.69, 9.17) is 5.11 Å². The van der Waals surface area contributed by atoms with Crippen molar-refractivity contribution in [2.75, 3.05) is 6.61 Å². The van der Waals surface area contributed by atoms with Crippen LogP contribution in [0.15, 0.2) is 30.4 Å². The minimum atomic E-state index is 0.0514. The number of nitrogens with zero attached hydrogens (tertiary/aromatic N) is 1. The molecule has 0 aliphatic carbocycles. The Bertz CT molecular complexity index is 150. The molecule has 0 heterocycles. The third kappa shape index (κ3) is 5.86. The van der Waals surface area contributed by atoms with Crippen LogP contribution in [0.2, 0.25) is 0 Å². The van der Waals surface area contributed by atoms with Gasteiger partial charge in [-0.1, -0.05) is 33.9 Å². The van der Waals surface area contributed by atoms with E-state index < -0.39 is 0 Å². The first-order chi connectivity index (χ1) is 5.76. The fraction of sp³-hybridized carbons (Fsp3) is 0.500. The highest BCUT2D eigenvalue weighted by atomic mass is 16.3. The molecule has 0 aromatic rings. The summed E-state index contributed by atoms with van der Waals surface area (Å²) in [6, 6.07) is 0. The van der Waals surface area contributed by atoms with Crippen molar-refractivity contribution in [1.82, 2.24) is 0 Å².